The van der Waals surface area contributed by atoms with Crippen molar-refractivity contribution in [2.24, 2.45) is 0 Å². The number of aryl methyl sites for hydroxylation is 1. The lowest BCUT2D eigenvalue weighted by Gasteiger charge is -2.05. The summed E-state index contributed by atoms with van der Waals surface area (Å²) >= 11 is 0. The summed E-state index contributed by atoms with van der Waals surface area (Å²) < 4.78 is 31.9. The molecule has 2 aromatic carbocycles. The summed E-state index contributed by atoms with van der Waals surface area (Å²) in [6.07, 6.45) is 11.6. The third-order valence-corrected chi connectivity index (χ3v) is 4.87. The van der Waals surface area contributed by atoms with E-state index in [0.717, 1.165) is 18.1 Å². The second-order valence-corrected chi connectivity index (χ2v) is 7.11. The highest BCUT2D eigenvalue weighted by Crippen LogP contribution is 2.24. The highest BCUT2D eigenvalue weighted by Gasteiger charge is 2.12. The van der Waals surface area contributed by atoms with Gasteiger partial charge in [0, 0.05) is 5.56 Å². The van der Waals surface area contributed by atoms with Crippen molar-refractivity contribution in [3.05, 3.63) is 64.7 Å². The minimum atomic E-state index is -1.00. The number of hydrogen-bond donors (Lipinski definition) is 0. The molecule has 0 saturated heterocycles. The first-order valence-corrected chi connectivity index (χ1v) is 10.3. The number of unbranched alkanes of at least 4 members (excludes halogenated alkanes) is 7. The van der Waals surface area contributed by atoms with E-state index in [1.54, 1.807) is 0 Å². The molecule has 28 heavy (non-hydrogen) atoms. The lowest BCUT2D eigenvalue weighted by atomic mass is 10.0. The maximum absolute atomic E-state index is 13.7. The Kier molecular flexibility index (Phi) is 9.55. The van der Waals surface area contributed by atoms with Gasteiger partial charge in [0.15, 0.2) is 11.6 Å². The van der Waals surface area contributed by atoms with Gasteiger partial charge in [0.1, 0.15) is 0 Å². The van der Waals surface area contributed by atoms with Gasteiger partial charge in [0.05, 0.1) is 12.7 Å². The van der Waals surface area contributed by atoms with Crippen LogP contribution in [0.25, 0.3) is 0 Å². The van der Waals surface area contributed by atoms with E-state index in [2.05, 4.69) is 30.9 Å². The van der Waals surface area contributed by atoms with E-state index < -0.39 is 11.6 Å². The second kappa shape index (κ2) is 12.2. The number of rotatable bonds is 10. The van der Waals surface area contributed by atoms with Gasteiger partial charge in [-0.1, -0.05) is 75.8 Å². The molecule has 0 saturated carbocycles. The zero-order chi connectivity index (χ0) is 20.2. The van der Waals surface area contributed by atoms with E-state index in [1.807, 2.05) is 12.1 Å². The van der Waals surface area contributed by atoms with Crippen LogP contribution < -0.4 is 4.74 Å². The van der Waals surface area contributed by atoms with Crippen LogP contribution in [0, 0.1) is 23.5 Å². The maximum atomic E-state index is 13.7. The van der Waals surface area contributed by atoms with Crippen molar-refractivity contribution < 1.29 is 13.5 Å². The molecule has 0 amide bonds. The van der Waals surface area contributed by atoms with Crippen LogP contribution in [0.1, 0.15) is 75.0 Å². The fourth-order valence-corrected chi connectivity index (χ4v) is 3.19. The molecule has 0 spiro atoms. The van der Waals surface area contributed by atoms with Gasteiger partial charge < -0.3 is 4.74 Å². The van der Waals surface area contributed by atoms with E-state index in [9.17, 15) is 8.78 Å². The topological polar surface area (TPSA) is 9.23 Å². The molecule has 0 fully saturated rings. The summed E-state index contributed by atoms with van der Waals surface area (Å²) in [6.45, 7) is 2.25. The van der Waals surface area contributed by atoms with Crippen molar-refractivity contribution in [3.8, 4) is 17.6 Å². The van der Waals surface area contributed by atoms with Gasteiger partial charge in [-0.15, -0.1) is 0 Å². The van der Waals surface area contributed by atoms with Crippen molar-refractivity contribution in [2.45, 2.75) is 64.7 Å². The van der Waals surface area contributed by atoms with Gasteiger partial charge in [-0.25, -0.2) is 4.39 Å². The Labute approximate surface area is 168 Å². The minimum absolute atomic E-state index is 0.154. The molecule has 3 heteroatoms. The number of benzene rings is 2. The smallest absolute Gasteiger partial charge is 0.201 e. The summed E-state index contributed by atoms with van der Waals surface area (Å²) in [4.78, 5) is 0. The molecular formula is C25H30F2O. The SMILES string of the molecule is CCCCCCCCCCc1ccc(C#Cc2ccc(F)c(F)c2OC)cc1. The highest BCUT2D eigenvalue weighted by atomic mass is 19.2. The summed E-state index contributed by atoms with van der Waals surface area (Å²) in [5.74, 6) is 3.76. The van der Waals surface area contributed by atoms with E-state index in [4.69, 9.17) is 4.74 Å². The Morgan fingerprint density at radius 2 is 1.43 bits per heavy atom. The van der Waals surface area contributed by atoms with E-state index in [-0.39, 0.29) is 5.75 Å². The fourth-order valence-electron chi connectivity index (χ4n) is 3.19. The number of ether oxygens (including phenoxy) is 1. The molecule has 0 heterocycles. The average Bonchev–Trinajstić information content (AvgIpc) is 2.71. The van der Waals surface area contributed by atoms with Crippen LogP contribution >= 0.6 is 0 Å². The Bertz CT molecular complexity index is 785. The predicted molar refractivity (Wildman–Crippen MR) is 112 cm³/mol. The Morgan fingerprint density at radius 1 is 0.786 bits per heavy atom. The number of hydrogen-bond acceptors (Lipinski definition) is 1. The van der Waals surface area contributed by atoms with Crippen LogP contribution in [-0.4, -0.2) is 7.11 Å². The van der Waals surface area contributed by atoms with E-state index >= 15 is 0 Å². The summed E-state index contributed by atoms with van der Waals surface area (Å²) in [6, 6.07) is 10.6. The zero-order valence-electron chi connectivity index (χ0n) is 17.0. The van der Waals surface area contributed by atoms with Crippen LogP contribution in [-0.2, 0) is 6.42 Å². The molecule has 0 aliphatic carbocycles. The van der Waals surface area contributed by atoms with Crippen LogP contribution in [0.3, 0.4) is 0 Å². The van der Waals surface area contributed by atoms with Gasteiger partial charge >= 0.3 is 0 Å². The Balaban J connectivity index is 1.83. The van der Waals surface area contributed by atoms with Crippen molar-refractivity contribution >= 4 is 0 Å². The van der Waals surface area contributed by atoms with Gasteiger partial charge in [-0.2, -0.15) is 4.39 Å². The van der Waals surface area contributed by atoms with Gasteiger partial charge in [0.2, 0.25) is 5.82 Å². The molecule has 0 bridgehead atoms. The molecule has 0 N–H and O–H groups in total. The van der Waals surface area contributed by atoms with Gasteiger partial charge in [-0.05, 0) is 42.7 Å². The minimum Gasteiger partial charge on any atom is -0.492 e. The number of methoxy groups -OCH3 is 1. The monoisotopic (exact) mass is 384 g/mol. The molecule has 150 valence electrons. The first-order valence-electron chi connectivity index (χ1n) is 10.3. The summed E-state index contributed by atoms with van der Waals surface area (Å²) in [5.41, 5.74) is 2.48. The molecule has 0 atom stereocenters. The van der Waals surface area contributed by atoms with Crippen molar-refractivity contribution in [3.63, 3.8) is 0 Å². The van der Waals surface area contributed by atoms with E-state index in [1.165, 1.54) is 70.1 Å². The van der Waals surface area contributed by atoms with Crippen LogP contribution in [0.5, 0.6) is 5.75 Å². The fraction of sp³-hybridized carbons (Fsp3) is 0.440. The third-order valence-electron chi connectivity index (χ3n) is 4.87. The zero-order valence-corrected chi connectivity index (χ0v) is 17.0. The normalized spacial score (nSPS) is 10.4. The van der Waals surface area contributed by atoms with Crippen LogP contribution in [0.15, 0.2) is 36.4 Å². The Hall–Kier alpha value is -2.34. The third kappa shape index (κ3) is 7.00. The largest absolute Gasteiger partial charge is 0.492 e. The van der Waals surface area contributed by atoms with Crippen molar-refractivity contribution in [2.75, 3.05) is 7.11 Å². The number of halogens is 2. The first kappa shape index (κ1) is 22.0. The van der Waals surface area contributed by atoms with Crippen molar-refractivity contribution in [1.82, 2.24) is 0 Å². The molecule has 0 aromatic heterocycles. The predicted octanol–water partition coefficient (Wildman–Crippen LogP) is 7.06. The summed E-state index contributed by atoms with van der Waals surface area (Å²) in [5, 5.41) is 0. The summed E-state index contributed by atoms with van der Waals surface area (Å²) in [7, 11) is 1.31. The maximum Gasteiger partial charge on any atom is 0.201 e. The molecule has 0 radical (unpaired) electrons. The van der Waals surface area contributed by atoms with Gasteiger partial charge in [-0.3, -0.25) is 0 Å². The van der Waals surface area contributed by atoms with Crippen LogP contribution in [0.2, 0.25) is 0 Å². The van der Waals surface area contributed by atoms with E-state index in [0.29, 0.717) is 5.56 Å². The molecule has 0 aliphatic heterocycles. The molecule has 0 unspecified atom stereocenters. The van der Waals surface area contributed by atoms with Gasteiger partial charge in [0.25, 0.3) is 0 Å². The first-order chi connectivity index (χ1) is 13.7. The van der Waals surface area contributed by atoms with Crippen LogP contribution in [0.4, 0.5) is 8.78 Å². The molecule has 2 aromatic rings. The average molecular weight is 385 g/mol. The molecule has 1 nitrogen and oxygen atoms in total. The lowest BCUT2D eigenvalue weighted by molar-refractivity contribution is 0.370. The molecule has 2 rings (SSSR count). The quantitative estimate of drug-likeness (QED) is 0.315. The lowest BCUT2D eigenvalue weighted by Crippen LogP contribution is -1.95. The highest BCUT2D eigenvalue weighted by molar-refractivity contribution is 5.50. The standard InChI is InChI=1S/C25H30F2O/c1-3-4-5-6-7-8-9-10-11-20-12-14-21(15-13-20)16-17-22-18-19-23(26)24(27)25(22)28-2/h12-15,18-19H,3-11H2,1-2H3. The van der Waals surface area contributed by atoms with Crippen molar-refractivity contribution in [1.29, 1.82) is 0 Å². The molecular weight excluding hydrogens is 354 g/mol. The second-order valence-electron chi connectivity index (χ2n) is 7.11. The molecule has 0 aliphatic rings. The Morgan fingerprint density at radius 3 is 2.07 bits per heavy atom.